The fourth-order valence-electron chi connectivity index (χ4n) is 4.71. The Balaban J connectivity index is 1.19. The van der Waals surface area contributed by atoms with Crippen molar-refractivity contribution in [3.05, 3.63) is 88.3 Å². The number of aliphatic hydroxyl groups is 2. The highest BCUT2D eigenvalue weighted by Crippen LogP contribution is 2.34. The number of aromatic nitrogens is 4. The van der Waals surface area contributed by atoms with Crippen LogP contribution < -0.4 is 10.3 Å². The molecule has 9 nitrogen and oxygen atoms in total. The zero-order valence-corrected chi connectivity index (χ0v) is 21.4. The molecule has 10 heteroatoms. The highest BCUT2D eigenvalue weighted by Gasteiger charge is 2.31. The molecule has 0 amide bonds. The summed E-state index contributed by atoms with van der Waals surface area (Å²) in [6, 6.07) is 21.3. The Morgan fingerprint density at radius 3 is 2.33 bits per heavy atom. The average molecular weight is 545 g/mol. The van der Waals surface area contributed by atoms with Crippen LogP contribution in [0.25, 0.3) is 44.7 Å². The molecule has 3 aromatic carbocycles. The number of nitrogens with one attached hydrogen (secondary N) is 2. The minimum Gasteiger partial charge on any atom is -0.459 e. The van der Waals surface area contributed by atoms with E-state index in [9.17, 15) is 15.0 Å². The predicted molar refractivity (Wildman–Crippen MR) is 148 cm³/mol. The number of nitrogens with zero attached hydrogens (tertiary/aromatic N) is 2. The van der Waals surface area contributed by atoms with Crippen LogP contribution in [0.5, 0.6) is 6.01 Å². The summed E-state index contributed by atoms with van der Waals surface area (Å²) in [5.41, 5.74) is 5.91. The van der Waals surface area contributed by atoms with Gasteiger partial charge < -0.3 is 29.7 Å². The first kappa shape index (κ1) is 25.3. The van der Waals surface area contributed by atoms with Gasteiger partial charge in [-0.05, 0) is 28.8 Å². The predicted octanol–water partition coefficient (Wildman–Crippen LogP) is 4.19. The summed E-state index contributed by atoms with van der Waals surface area (Å²) in [4.78, 5) is 26.2. The summed E-state index contributed by atoms with van der Waals surface area (Å²) in [6.45, 7) is 0.0190. The molecule has 4 N–H and O–H groups in total. The minimum atomic E-state index is -0.800. The number of rotatable bonds is 6. The first-order valence-electron chi connectivity index (χ1n) is 12.5. The lowest BCUT2D eigenvalue weighted by atomic mass is 9.99. The summed E-state index contributed by atoms with van der Waals surface area (Å²) in [7, 11) is 0. The number of hydrogen-bond donors (Lipinski definition) is 4. The lowest BCUT2D eigenvalue weighted by Crippen LogP contribution is -2.45. The van der Waals surface area contributed by atoms with Gasteiger partial charge in [0.25, 0.3) is 11.6 Å². The molecular formula is C29H25ClN4O5. The highest BCUT2D eigenvalue weighted by molar-refractivity contribution is 6.34. The fraction of sp³-hybridized carbons (Fsp3) is 0.207. The molecule has 1 aliphatic heterocycles. The lowest BCUT2D eigenvalue weighted by molar-refractivity contribution is -0.131. The molecule has 198 valence electrons. The molecule has 3 unspecified atom stereocenters. The molecule has 1 aliphatic rings. The largest absolute Gasteiger partial charge is 0.459 e. The Bertz CT molecular complexity index is 1670. The number of halogens is 1. The zero-order chi connectivity index (χ0) is 26.9. The second-order valence-corrected chi connectivity index (χ2v) is 9.83. The number of H-pyrrole nitrogens is 2. The van der Waals surface area contributed by atoms with Crippen molar-refractivity contribution >= 4 is 22.6 Å². The first-order valence-corrected chi connectivity index (χ1v) is 12.9. The molecule has 0 bridgehead atoms. The van der Waals surface area contributed by atoms with E-state index < -0.39 is 12.2 Å². The quantitative estimate of drug-likeness (QED) is 0.252. The monoisotopic (exact) mass is 544 g/mol. The SMILES string of the molecule is O=c1ccnc(-c2ccc(-c3ccc(-c4cc5nc(OC6COC(CO)C(O)C6)[nH]c5cc4Cl)cc3)cc2)[nH]1. The average Bonchev–Trinajstić information content (AvgIpc) is 3.34. The molecule has 39 heavy (non-hydrogen) atoms. The van der Waals surface area contributed by atoms with Crippen LogP contribution >= 0.6 is 11.6 Å². The number of aromatic amines is 2. The standard InChI is InChI=1S/C29H25ClN4O5/c30-22-13-24-23(32-29(33-24)39-20-11-25(36)26(14-35)38-15-20)12-21(22)18-5-1-16(2-6-18)17-3-7-19(8-4-17)28-31-10-9-27(37)34-28/h1-10,12-13,20,25-26,35-36H,11,14-15H2,(H,32,33)(H,31,34,37). The number of imidazole rings is 1. The topological polar surface area (TPSA) is 133 Å². The molecule has 0 radical (unpaired) electrons. The molecule has 0 aliphatic carbocycles. The summed E-state index contributed by atoms with van der Waals surface area (Å²) >= 11 is 6.64. The number of fused-ring (bicyclic) bond motifs is 1. The van der Waals surface area contributed by atoms with Gasteiger partial charge in [-0.1, -0.05) is 60.1 Å². The van der Waals surface area contributed by atoms with Gasteiger partial charge in [-0.15, -0.1) is 0 Å². The lowest BCUT2D eigenvalue weighted by Gasteiger charge is -2.31. The van der Waals surface area contributed by atoms with Crippen LogP contribution in [0, 0.1) is 0 Å². The van der Waals surface area contributed by atoms with E-state index in [0.717, 1.165) is 33.3 Å². The fourth-order valence-corrected chi connectivity index (χ4v) is 4.98. The maximum Gasteiger partial charge on any atom is 0.294 e. The molecule has 0 saturated carbocycles. The van der Waals surface area contributed by atoms with Crippen molar-refractivity contribution in [2.24, 2.45) is 0 Å². The van der Waals surface area contributed by atoms with Crippen LogP contribution in [-0.2, 0) is 4.74 Å². The number of aliphatic hydroxyl groups excluding tert-OH is 2. The van der Waals surface area contributed by atoms with E-state index in [4.69, 9.17) is 21.1 Å². The molecule has 1 fully saturated rings. The van der Waals surface area contributed by atoms with E-state index in [1.807, 2.05) is 60.7 Å². The Morgan fingerprint density at radius 2 is 1.67 bits per heavy atom. The van der Waals surface area contributed by atoms with Crippen LogP contribution in [0.2, 0.25) is 5.02 Å². The van der Waals surface area contributed by atoms with Crippen LogP contribution in [0.15, 0.2) is 77.7 Å². The van der Waals surface area contributed by atoms with E-state index in [1.165, 1.54) is 12.3 Å². The second kappa shape index (κ2) is 10.6. The third-order valence-corrected chi connectivity index (χ3v) is 7.11. The molecular weight excluding hydrogens is 520 g/mol. The first-order chi connectivity index (χ1) is 19.0. The zero-order valence-electron chi connectivity index (χ0n) is 20.7. The van der Waals surface area contributed by atoms with E-state index in [2.05, 4.69) is 19.9 Å². The Hall–Kier alpha value is -4.02. The van der Waals surface area contributed by atoms with E-state index >= 15 is 0 Å². The molecule has 0 spiro atoms. The van der Waals surface area contributed by atoms with Crippen LogP contribution in [0.4, 0.5) is 0 Å². The Labute approximate surface area is 228 Å². The maximum atomic E-state index is 11.6. The molecule has 3 atom stereocenters. The van der Waals surface area contributed by atoms with Crippen molar-refractivity contribution in [2.75, 3.05) is 13.2 Å². The number of hydrogen-bond acceptors (Lipinski definition) is 7. The molecule has 5 aromatic rings. The van der Waals surface area contributed by atoms with Gasteiger partial charge in [-0.3, -0.25) is 4.79 Å². The number of benzene rings is 3. The van der Waals surface area contributed by atoms with Crippen molar-refractivity contribution in [3.63, 3.8) is 0 Å². The second-order valence-electron chi connectivity index (χ2n) is 9.43. The van der Waals surface area contributed by atoms with Crippen molar-refractivity contribution in [1.82, 2.24) is 19.9 Å². The number of ether oxygens (including phenoxy) is 2. The van der Waals surface area contributed by atoms with E-state index in [1.54, 1.807) is 0 Å². The van der Waals surface area contributed by atoms with Gasteiger partial charge in [-0.25, -0.2) is 4.98 Å². The van der Waals surface area contributed by atoms with Crippen molar-refractivity contribution in [3.8, 4) is 39.7 Å². The summed E-state index contributed by atoms with van der Waals surface area (Å²) in [6.07, 6.45) is 0.0559. The highest BCUT2D eigenvalue weighted by atomic mass is 35.5. The van der Waals surface area contributed by atoms with Crippen LogP contribution in [-0.4, -0.2) is 61.7 Å². The van der Waals surface area contributed by atoms with Crippen LogP contribution in [0.1, 0.15) is 6.42 Å². The Morgan fingerprint density at radius 1 is 0.974 bits per heavy atom. The van der Waals surface area contributed by atoms with Crippen molar-refractivity contribution in [2.45, 2.75) is 24.7 Å². The smallest absolute Gasteiger partial charge is 0.294 e. The van der Waals surface area contributed by atoms with Gasteiger partial charge in [0.1, 0.15) is 18.0 Å². The molecule has 2 aromatic heterocycles. The van der Waals surface area contributed by atoms with Crippen molar-refractivity contribution < 1.29 is 19.7 Å². The van der Waals surface area contributed by atoms with Crippen LogP contribution in [0.3, 0.4) is 0 Å². The summed E-state index contributed by atoms with van der Waals surface area (Å²) in [5, 5.41) is 19.9. The minimum absolute atomic E-state index is 0.189. The summed E-state index contributed by atoms with van der Waals surface area (Å²) in [5.74, 6) is 0.529. The normalized spacial score (nSPS) is 19.3. The summed E-state index contributed by atoms with van der Waals surface area (Å²) < 4.78 is 11.4. The van der Waals surface area contributed by atoms with E-state index in [-0.39, 0.29) is 24.9 Å². The molecule has 3 heterocycles. The molecule has 6 rings (SSSR count). The third-order valence-electron chi connectivity index (χ3n) is 6.80. The van der Waals surface area contributed by atoms with Gasteiger partial charge in [-0.2, -0.15) is 4.98 Å². The maximum absolute atomic E-state index is 11.6. The van der Waals surface area contributed by atoms with E-state index in [0.29, 0.717) is 28.8 Å². The van der Waals surface area contributed by atoms with Gasteiger partial charge >= 0.3 is 0 Å². The van der Waals surface area contributed by atoms with Gasteiger partial charge in [0.2, 0.25) is 0 Å². The van der Waals surface area contributed by atoms with Gasteiger partial charge in [0, 0.05) is 29.8 Å². The third kappa shape index (κ3) is 5.30. The molecule has 1 saturated heterocycles. The Kier molecular flexibility index (Phi) is 6.88. The van der Waals surface area contributed by atoms with Gasteiger partial charge in [0.15, 0.2) is 0 Å². The van der Waals surface area contributed by atoms with Gasteiger partial charge in [0.05, 0.1) is 35.4 Å². The van der Waals surface area contributed by atoms with Crippen molar-refractivity contribution in [1.29, 1.82) is 0 Å².